The fourth-order valence-corrected chi connectivity index (χ4v) is 1.34. The third-order valence-corrected chi connectivity index (χ3v) is 2.19. The molecule has 0 amide bonds. The maximum absolute atomic E-state index is 13.3. The minimum Gasteiger partial charge on any atom is -0.481 e. The molecule has 90 valence electrons. The van der Waals surface area contributed by atoms with Crippen LogP contribution in [-0.4, -0.2) is 27.4 Å². The van der Waals surface area contributed by atoms with E-state index in [1.54, 1.807) is 6.07 Å². The molecule has 0 aliphatic carbocycles. The van der Waals surface area contributed by atoms with Crippen LogP contribution in [0.15, 0.2) is 18.2 Å². The smallest absolute Gasteiger partial charge is 0.306 e. The van der Waals surface area contributed by atoms with Gasteiger partial charge < -0.3 is 15.3 Å². The van der Waals surface area contributed by atoms with Crippen molar-refractivity contribution in [2.45, 2.75) is 18.6 Å². The molecule has 17 heavy (non-hydrogen) atoms. The summed E-state index contributed by atoms with van der Waals surface area (Å²) in [6.45, 7) is 0. The van der Waals surface area contributed by atoms with Crippen molar-refractivity contribution in [3.63, 3.8) is 0 Å². The van der Waals surface area contributed by atoms with Crippen molar-refractivity contribution >= 4 is 5.97 Å². The number of carboxylic acid groups (broad SMARTS) is 1. The third kappa shape index (κ3) is 3.24. The van der Waals surface area contributed by atoms with Gasteiger partial charge in [-0.15, -0.1) is 0 Å². The van der Waals surface area contributed by atoms with Crippen LogP contribution < -0.4 is 0 Å². The number of hydrogen-bond acceptors (Lipinski definition) is 4. The fourth-order valence-electron chi connectivity index (χ4n) is 1.34. The number of benzene rings is 1. The molecular formula is C11H10FNO4. The molecule has 0 aromatic heterocycles. The monoisotopic (exact) mass is 239 g/mol. The molecule has 0 fully saturated rings. The number of halogens is 1. The number of aliphatic hydroxyl groups is 2. The van der Waals surface area contributed by atoms with Crippen molar-refractivity contribution in [2.75, 3.05) is 0 Å². The van der Waals surface area contributed by atoms with Gasteiger partial charge in [-0.25, -0.2) is 4.39 Å². The second-order valence-electron chi connectivity index (χ2n) is 3.46. The van der Waals surface area contributed by atoms with Crippen LogP contribution >= 0.6 is 0 Å². The summed E-state index contributed by atoms with van der Waals surface area (Å²) in [5, 5.41) is 36.0. The maximum Gasteiger partial charge on any atom is 0.306 e. The molecule has 6 heteroatoms. The van der Waals surface area contributed by atoms with Gasteiger partial charge in [0.2, 0.25) is 0 Å². The zero-order valence-electron chi connectivity index (χ0n) is 8.67. The Bertz CT molecular complexity index is 469. The molecule has 0 aliphatic heterocycles. The molecule has 1 aromatic rings. The highest BCUT2D eigenvalue weighted by Crippen LogP contribution is 2.23. The lowest BCUT2D eigenvalue weighted by Gasteiger charge is -2.17. The number of rotatable bonds is 4. The van der Waals surface area contributed by atoms with Gasteiger partial charge >= 0.3 is 5.97 Å². The summed E-state index contributed by atoms with van der Waals surface area (Å²) in [4.78, 5) is 10.3. The molecule has 5 nitrogen and oxygen atoms in total. The van der Waals surface area contributed by atoms with E-state index in [-0.39, 0.29) is 11.1 Å². The quantitative estimate of drug-likeness (QED) is 0.712. The molecule has 2 atom stereocenters. The zero-order valence-corrected chi connectivity index (χ0v) is 8.67. The summed E-state index contributed by atoms with van der Waals surface area (Å²) in [7, 11) is 0. The van der Waals surface area contributed by atoms with Gasteiger partial charge in [0.1, 0.15) is 11.9 Å². The van der Waals surface area contributed by atoms with Crippen LogP contribution in [0.25, 0.3) is 0 Å². The van der Waals surface area contributed by atoms with Crippen LogP contribution in [0.2, 0.25) is 0 Å². The van der Waals surface area contributed by atoms with Gasteiger partial charge in [0, 0.05) is 5.56 Å². The number of nitrogens with zero attached hydrogens (tertiary/aromatic N) is 1. The first kappa shape index (κ1) is 13.1. The zero-order chi connectivity index (χ0) is 13.0. The van der Waals surface area contributed by atoms with Crippen LogP contribution in [0.3, 0.4) is 0 Å². The second-order valence-corrected chi connectivity index (χ2v) is 3.46. The highest BCUT2D eigenvalue weighted by molar-refractivity contribution is 5.67. The van der Waals surface area contributed by atoms with E-state index in [1.807, 2.05) is 0 Å². The Hall–Kier alpha value is -1.97. The lowest BCUT2D eigenvalue weighted by Crippen LogP contribution is -2.22. The molecule has 1 rings (SSSR count). The first-order chi connectivity index (χ1) is 7.95. The Morgan fingerprint density at radius 3 is 2.65 bits per heavy atom. The van der Waals surface area contributed by atoms with Crippen molar-refractivity contribution in [3.05, 3.63) is 35.1 Å². The molecule has 0 aliphatic rings. The Morgan fingerprint density at radius 2 is 2.12 bits per heavy atom. The summed E-state index contributed by atoms with van der Waals surface area (Å²) in [5.41, 5.74) is -0.180. The van der Waals surface area contributed by atoms with E-state index in [2.05, 4.69) is 0 Å². The van der Waals surface area contributed by atoms with E-state index in [1.165, 1.54) is 6.07 Å². The van der Waals surface area contributed by atoms with Crippen molar-refractivity contribution < 1.29 is 24.5 Å². The van der Waals surface area contributed by atoms with E-state index in [4.69, 9.17) is 10.4 Å². The third-order valence-electron chi connectivity index (χ3n) is 2.19. The summed E-state index contributed by atoms with van der Waals surface area (Å²) >= 11 is 0. The summed E-state index contributed by atoms with van der Waals surface area (Å²) < 4.78 is 13.3. The van der Waals surface area contributed by atoms with Crippen LogP contribution in [0.5, 0.6) is 0 Å². The minimum atomic E-state index is -1.68. The molecular weight excluding hydrogens is 229 g/mol. The van der Waals surface area contributed by atoms with Crippen LogP contribution in [-0.2, 0) is 4.79 Å². The molecule has 2 unspecified atom stereocenters. The van der Waals surface area contributed by atoms with Gasteiger partial charge in [0.25, 0.3) is 0 Å². The normalized spacial score (nSPS) is 13.8. The van der Waals surface area contributed by atoms with Crippen LogP contribution in [0.4, 0.5) is 4.39 Å². The summed E-state index contributed by atoms with van der Waals surface area (Å²) in [6.07, 6.45) is -4.02. The lowest BCUT2D eigenvalue weighted by atomic mass is 10.00. The largest absolute Gasteiger partial charge is 0.481 e. The van der Waals surface area contributed by atoms with Crippen molar-refractivity contribution in [3.8, 4) is 6.07 Å². The van der Waals surface area contributed by atoms with E-state index in [9.17, 15) is 19.4 Å². The van der Waals surface area contributed by atoms with Gasteiger partial charge in [0.15, 0.2) is 0 Å². The minimum absolute atomic E-state index is 0.114. The molecule has 0 heterocycles. The number of hydrogen-bond donors (Lipinski definition) is 3. The Kier molecular flexibility index (Phi) is 4.15. The fraction of sp³-hybridized carbons (Fsp3) is 0.273. The average molecular weight is 239 g/mol. The highest BCUT2D eigenvalue weighted by atomic mass is 19.1. The highest BCUT2D eigenvalue weighted by Gasteiger charge is 2.24. The van der Waals surface area contributed by atoms with E-state index < -0.39 is 30.4 Å². The standard InChI is InChI=1S/C11H10FNO4/c12-8-2-1-6(5-13)3-7(8)11(17)9(14)4-10(15)16/h1-3,9,11,14,17H,4H2,(H,15,16). The van der Waals surface area contributed by atoms with Gasteiger partial charge in [-0.1, -0.05) is 0 Å². The van der Waals surface area contributed by atoms with Crippen molar-refractivity contribution in [1.29, 1.82) is 5.26 Å². The van der Waals surface area contributed by atoms with Gasteiger partial charge in [-0.3, -0.25) is 4.79 Å². The Morgan fingerprint density at radius 1 is 1.47 bits per heavy atom. The van der Waals surface area contributed by atoms with Gasteiger partial charge in [0.05, 0.1) is 24.2 Å². The van der Waals surface area contributed by atoms with Crippen molar-refractivity contribution in [1.82, 2.24) is 0 Å². The van der Waals surface area contributed by atoms with Crippen LogP contribution in [0.1, 0.15) is 23.7 Å². The molecule has 0 saturated carbocycles. The number of carbonyl (C=O) groups is 1. The summed E-state index contributed by atoms with van der Waals surface area (Å²) in [6, 6.07) is 5.02. The molecule has 0 radical (unpaired) electrons. The molecule has 3 N–H and O–H groups in total. The Balaban J connectivity index is 2.99. The lowest BCUT2D eigenvalue weighted by molar-refractivity contribution is -0.141. The topological polar surface area (TPSA) is 102 Å². The van der Waals surface area contributed by atoms with E-state index in [0.29, 0.717) is 0 Å². The molecule has 1 aromatic carbocycles. The van der Waals surface area contributed by atoms with Crippen LogP contribution in [0, 0.1) is 17.1 Å². The average Bonchev–Trinajstić information content (AvgIpc) is 2.28. The molecule has 0 bridgehead atoms. The van der Waals surface area contributed by atoms with Gasteiger partial charge in [-0.2, -0.15) is 5.26 Å². The molecule has 0 saturated heterocycles. The second kappa shape index (κ2) is 5.39. The predicted molar refractivity (Wildman–Crippen MR) is 54.3 cm³/mol. The van der Waals surface area contributed by atoms with E-state index >= 15 is 0 Å². The number of nitriles is 1. The maximum atomic E-state index is 13.3. The number of carboxylic acids is 1. The number of aliphatic carboxylic acids is 1. The number of aliphatic hydroxyl groups excluding tert-OH is 2. The van der Waals surface area contributed by atoms with E-state index in [0.717, 1.165) is 12.1 Å². The predicted octanol–water partition coefficient (Wildman–Crippen LogP) is 0.566. The Labute approximate surface area is 96.4 Å². The molecule has 0 spiro atoms. The SMILES string of the molecule is N#Cc1ccc(F)c(C(O)C(O)CC(=O)O)c1. The first-order valence-electron chi connectivity index (χ1n) is 4.73. The van der Waals surface area contributed by atoms with Crippen molar-refractivity contribution in [2.24, 2.45) is 0 Å². The van der Waals surface area contributed by atoms with Gasteiger partial charge in [-0.05, 0) is 18.2 Å². The summed E-state index contributed by atoms with van der Waals surface area (Å²) in [5.74, 6) is -2.12. The first-order valence-corrected chi connectivity index (χ1v) is 4.73.